The van der Waals surface area contributed by atoms with Gasteiger partial charge in [0, 0.05) is 24.3 Å². The van der Waals surface area contributed by atoms with Crippen LogP contribution in [0.15, 0.2) is 24.4 Å². The van der Waals surface area contributed by atoms with E-state index in [9.17, 15) is 9.90 Å². The highest BCUT2D eigenvalue weighted by molar-refractivity contribution is 6.32. The van der Waals surface area contributed by atoms with Gasteiger partial charge < -0.3 is 14.7 Å². The molecule has 2 heterocycles. The number of halogens is 1. The van der Waals surface area contributed by atoms with Gasteiger partial charge in [-0.15, -0.1) is 0 Å². The summed E-state index contributed by atoms with van der Waals surface area (Å²) in [5.41, 5.74) is 1.42. The van der Waals surface area contributed by atoms with Crippen molar-refractivity contribution in [3.63, 3.8) is 0 Å². The number of nitrogens with one attached hydrogen (secondary N) is 1. The standard InChI is InChI=1S/C19H24ClN3O3/c1-13-10-15(11-14(2)17(13)20)26-12-19(25)5-3-8-23(9-6-19)18(24)16-4-7-21-22-16/h4,7,10-11,25H,3,5-6,8-9,12H2,1-2H3,(H,21,22). The fourth-order valence-corrected chi connectivity index (χ4v) is 3.39. The Bertz CT molecular complexity index is 755. The van der Waals surface area contributed by atoms with Gasteiger partial charge in [-0.3, -0.25) is 9.89 Å². The summed E-state index contributed by atoms with van der Waals surface area (Å²) in [5.74, 6) is 0.615. The zero-order valence-electron chi connectivity index (χ0n) is 15.1. The van der Waals surface area contributed by atoms with Crippen LogP contribution in [0.3, 0.4) is 0 Å². The molecule has 3 rings (SSSR count). The Morgan fingerprint density at radius 1 is 1.35 bits per heavy atom. The first-order valence-electron chi connectivity index (χ1n) is 8.78. The molecule has 1 aliphatic heterocycles. The number of likely N-dealkylation sites (tertiary alicyclic amines) is 1. The molecule has 1 atom stereocenters. The second-order valence-electron chi connectivity index (χ2n) is 7.00. The van der Waals surface area contributed by atoms with Gasteiger partial charge in [0.1, 0.15) is 23.7 Å². The van der Waals surface area contributed by atoms with Crippen LogP contribution in [0.1, 0.15) is 40.9 Å². The van der Waals surface area contributed by atoms with Crippen LogP contribution in [0.4, 0.5) is 0 Å². The summed E-state index contributed by atoms with van der Waals surface area (Å²) in [4.78, 5) is 14.2. The third-order valence-electron chi connectivity index (χ3n) is 4.85. The summed E-state index contributed by atoms with van der Waals surface area (Å²) < 4.78 is 5.86. The smallest absolute Gasteiger partial charge is 0.271 e. The summed E-state index contributed by atoms with van der Waals surface area (Å²) >= 11 is 6.19. The lowest BCUT2D eigenvalue weighted by molar-refractivity contribution is -0.0163. The minimum atomic E-state index is -0.954. The van der Waals surface area contributed by atoms with Crippen LogP contribution in [0.2, 0.25) is 5.02 Å². The monoisotopic (exact) mass is 377 g/mol. The second kappa shape index (κ2) is 7.68. The van der Waals surface area contributed by atoms with Crippen molar-refractivity contribution in [3.05, 3.63) is 46.2 Å². The maximum Gasteiger partial charge on any atom is 0.271 e. The number of hydrogen-bond acceptors (Lipinski definition) is 4. The zero-order valence-corrected chi connectivity index (χ0v) is 15.8. The first-order valence-corrected chi connectivity index (χ1v) is 9.16. The van der Waals surface area contributed by atoms with Gasteiger partial charge in [-0.05, 0) is 62.4 Å². The van der Waals surface area contributed by atoms with Crippen molar-refractivity contribution in [2.24, 2.45) is 0 Å². The van der Waals surface area contributed by atoms with Crippen LogP contribution in [0, 0.1) is 13.8 Å². The topological polar surface area (TPSA) is 78.5 Å². The van der Waals surface area contributed by atoms with Gasteiger partial charge in [0.2, 0.25) is 0 Å². The highest BCUT2D eigenvalue weighted by atomic mass is 35.5. The lowest BCUT2D eigenvalue weighted by atomic mass is 9.96. The molecule has 0 bridgehead atoms. The van der Waals surface area contributed by atoms with Crippen LogP contribution in [0.5, 0.6) is 5.75 Å². The molecule has 2 aromatic rings. The molecule has 0 saturated carbocycles. The fraction of sp³-hybridized carbons (Fsp3) is 0.474. The van der Waals surface area contributed by atoms with Crippen LogP contribution < -0.4 is 4.74 Å². The van der Waals surface area contributed by atoms with E-state index in [2.05, 4.69) is 10.2 Å². The molecule has 7 heteroatoms. The van der Waals surface area contributed by atoms with Crippen LogP contribution >= 0.6 is 11.6 Å². The van der Waals surface area contributed by atoms with Crippen molar-refractivity contribution >= 4 is 17.5 Å². The van der Waals surface area contributed by atoms with Crippen molar-refractivity contribution in [2.45, 2.75) is 38.7 Å². The van der Waals surface area contributed by atoms with Crippen molar-refractivity contribution in [2.75, 3.05) is 19.7 Å². The van der Waals surface area contributed by atoms with E-state index in [1.54, 1.807) is 17.2 Å². The molecule has 1 unspecified atom stereocenters. The van der Waals surface area contributed by atoms with E-state index in [-0.39, 0.29) is 12.5 Å². The molecule has 2 N–H and O–H groups in total. The molecule has 26 heavy (non-hydrogen) atoms. The molecule has 1 aliphatic rings. The number of carbonyl (C=O) groups is 1. The summed E-state index contributed by atoms with van der Waals surface area (Å²) in [7, 11) is 0. The van der Waals surface area contributed by atoms with Gasteiger partial charge in [0.15, 0.2) is 0 Å². The average Bonchev–Trinajstić information content (AvgIpc) is 3.08. The minimum Gasteiger partial charge on any atom is -0.491 e. The third kappa shape index (κ3) is 4.19. The molecule has 1 fully saturated rings. The summed E-state index contributed by atoms with van der Waals surface area (Å²) in [5, 5.41) is 18.2. The summed E-state index contributed by atoms with van der Waals surface area (Å²) in [6.07, 6.45) is 3.34. The quantitative estimate of drug-likeness (QED) is 0.858. The first-order chi connectivity index (χ1) is 12.4. The van der Waals surface area contributed by atoms with Crippen molar-refractivity contribution in [1.82, 2.24) is 15.1 Å². The Morgan fingerprint density at radius 3 is 2.73 bits per heavy atom. The minimum absolute atomic E-state index is 0.0865. The van der Waals surface area contributed by atoms with Crippen LogP contribution in [-0.2, 0) is 0 Å². The molecular formula is C19H24ClN3O3. The predicted molar refractivity (Wildman–Crippen MR) is 99.7 cm³/mol. The Hall–Kier alpha value is -2.05. The maximum atomic E-state index is 12.4. The number of aliphatic hydroxyl groups is 1. The predicted octanol–water partition coefficient (Wildman–Crippen LogP) is 3.12. The first kappa shape index (κ1) is 18.7. The number of aromatic nitrogens is 2. The van der Waals surface area contributed by atoms with E-state index in [0.29, 0.717) is 37.4 Å². The van der Waals surface area contributed by atoms with E-state index in [1.807, 2.05) is 26.0 Å². The van der Waals surface area contributed by atoms with Gasteiger partial charge >= 0.3 is 0 Å². The maximum absolute atomic E-state index is 12.4. The number of nitrogens with zero attached hydrogens (tertiary/aromatic N) is 2. The number of H-pyrrole nitrogens is 1. The van der Waals surface area contributed by atoms with Crippen molar-refractivity contribution in [1.29, 1.82) is 0 Å². The molecule has 0 spiro atoms. The Labute approximate surface area is 158 Å². The molecule has 1 amide bonds. The van der Waals surface area contributed by atoms with Crippen LogP contribution in [-0.4, -0.2) is 51.4 Å². The lowest BCUT2D eigenvalue weighted by Gasteiger charge is -2.27. The average molecular weight is 378 g/mol. The number of ether oxygens (including phenoxy) is 1. The second-order valence-corrected chi connectivity index (χ2v) is 7.38. The van der Waals surface area contributed by atoms with Gasteiger partial charge in [-0.1, -0.05) is 11.6 Å². The van der Waals surface area contributed by atoms with E-state index in [0.717, 1.165) is 22.6 Å². The largest absolute Gasteiger partial charge is 0.491 e. The highest BCUT2D eigenvalue weighted by Gasteiger charge is 2.33. The Balaban J connectivity index is 1.61. The lowest BCUT2D eigenvalue weighted by Crippen LogP contribution is -2.38. The zero-order chi connectivity index (χ0) is 18.7. The van der Waals surface area contributed by atoms with Gasteiger partial charge in [0.25, 0.3) is 5.91 Å². The molecular weight excluding hydrogens is 354 g/mol. The molecule has 0 radical (unpaired) electrons. The van der Waals surface area contributed by atoms with Gasteiger partial charge in [0.05, 0.1) is 0 Å². The highest BCUT2D eigenvalue weighted by Crippen LogP contribution is 2.28. The number of amides is 1. The SMILES string of the molecule is Cc1cc(OCC2(O)CCCN(C(=O)c3ccn[nH]3)CC2)cc(C)c1Cl. The van der Waals surface area contributed by atoms with E-state index in [4.69, 9.17) is 16.3 Å². The number of aryl methyl sites for hydroxylation is 2. The molecule has 140 valence electrons. The fourth-order valence-electron chi connectivity index (χ4n) is 3.28. The van der Waals surface area contributed by atoms with E-state index < -0.39 is 5.60 Å². The van der Waals surface area contributed by atoms with Crippen molar-refractivity contribution < 1.29 is 14.6 Å². The molecule has 1 aromatic carbocycles. The van der Waals surface area contributed by atoms with E-state index >= 15 is 0 Å². The third-order valence-corrected chi connectivity index (χ3v) is 5.45. The normalized spacial score (nSPS) is 20.7. The number of aromatic amines is 1. The summed E-state index contributed by atoms with van der Waals surface area (Å²) in [6, 6.07) is 5.42. The molecule has 1 aromatic heterocycles. The molecule has 0 aliphatic carbocycles. The molecule has 6 nitrogen and oxygen atoms in total. The number of rotatable bonds is 4. The number of carbonyl (C=O) groups excluding carboxylic acids is 1. The van der Waals surface area contributed by atoms with Crippen LogP contribution in [0.25, 0.3) is 0 Å². The molecule has 1 saturated heterocycles. The van der Waals surface area contributed by atoms with Crippen molar-refractivity contribution in [3.8, 4) is 5.75 Å². The van der Waals surface area contributed by atoms with Gasteiger partial charge in [-0.25, -0.2) is 0 Å². The number of benzene rings is 1. The Morgan fingerprint density at radius 2 is 2.08 bits per heavy atom. The van der Waals surface area contributed by atoms with Gasteiger partial charge in [-0.2, -0.15) is 5.10 Å². The summed E-state index contributed by atoms with van der Waals surface area (Å²) in [6.45, 7) is 5.15. The van der Waals surface area contributed by atoms with E-state index in [1.165, 1.54) is 0 Å². The Kier molecular flexibility index (Phi) is 5.53. The number of hydrogen-bond donors (Lipinski definition) is 2.